The standard InChI is InChI=1S/C21H19N3O4/c1-14-7-9-15(10-8-14)20-22-18(28-23-20)13-27-21(26)16-4-2-5-17(12-16)24-11-3-6-19(24)25/h2,4-5,7-10,12H,3,6,11,13H2,1H3. The van der Waals surface area contributed by atoms with Crippen molar-refractivity contribution in [1.82, 2.24) is 10.1 Å². The third kappa shape index (κ3) is 3.78. The third-order valence-corrected chi connectivity index (χ3v) is 4.57. The van der Waals surface area contributed by atoms with Crippen molar-refractivity contribution in [3.05, 3.63) is 65.5 Å². The smallest absolute Gasteiger partial charge is 0.338 e. The molecular weight excluding hydrogens is 358 g/mol. The van der Waals surface area contributed by atoms with E-state index in [9.17, 15) is 9.59 Å². The van der Waals surface area contributed by atoms with Gasteiger partial charge < -0.3 is 14.2 Å². The number of carbonyl (C=O) groups excluding carboxylic acids is 2. The molecule has 4 rings (SSSR count). The number of benzene rings is 2. The number of aryl methyl sites for hydroxylation is 1. The molecule has 142 valence electrons. The molecule has 0 unspecified atom stereocenters. The van der Waals surface area contributed by atoms with Crippen LogP contribution in [0.3, 0.4) is 0 Å². The summed E-state index contributed by atoms with van der Waals surface area (Å²) >= 11 is 0. The van der Waals surface area contributed by atoms with Crippen LogP contribution in [0.2, 0.25) is 0 Å². The predicted octanol–water partition coefficient (Wildman–Crippen LogP) is 3.53. The van der Waals surface area contributed by atoms with E-state index in [1.54, 1.807) is 23.1 Å². The highest BCUT2D eigenvalue weighted by molar-refractivity contribution is 5.97. The summed E-state index contributed by atoms with van der Waals surface area (Å²) in [4.78, 5) is 30.2. The Balaban J connectivity index is 1.41. The van der Waals surface area contributed by atoms with Crippen molar-refractivity contribution in [2.24, 2.45) is 0 Å². The van der Waals surface area contributed by atoms with E-state index in [1.165, 1.54) is 0 Å². The Bertz CT molecular complexity index is 1010. The van der Waals surface area contributed by atoms with Crippen molar-refractivity contribution >= 4 is 17.6 Å². The van der Waals surface area contributed by atoms with Crippen molar-refractivity contribution < 1.29 is 18.8 Å². The Kier molecular flexibility index (Phi) is 4.89. The molecule has 0 atom stereocenters. The second-order valence-corrected chi connectivity index (χ2v) is 6.65. The van der Waals surface area contributed by atoms with Crippen LogP contribution in [0.25, 0.3) is 11.4 Å². The van der Waals surface area contributed by atoms with Gasteiger partial charge in [0.2, 0.25) is 11.7 Å². The minimum absolute atomic E-state index is 0.0695. The first-order chi connectivity index (χ1) is 13.6. The number of hydrogen-bond donors (Lipinski definition) is 0. The van der Waals surface area contributed by atoms with Crippen LogP contribution in [0.15, 0.2) is 53.1 Å². The summed E-state index contributed by atoms with van der Waals surface area (Å²) < 4.78 is 10.5. The second-order valence-electron chi connectivity index (χ2n) is 6.65. The van der Waals surface area contributed by atoms with E-state index in [-0.39, 0.29) is 18.4 Å². The molecule has 0 aliphatic carbocycles. The molecule has 1 fully saturated rings. The number of anilines is 1. The molecule has 0 N–H and O–H groups in total. The molecule has 0 radical (unpaired) electrons. The molecule has 1 aromatic heterocycles. The summed E-state index contributed by atoms with van der Waals surface area (Å²) in [5, 5.41) is 3.92. The molecule has 7 heteroatoms. The molecule has 2 heterocycles. The van der Waals surface area contributed by atoms with Gasteiger partial charge in [-0.3, -0.25) is 4.79 Å². The van der Waals surface area contributed by atoms with Crippen LogP contribution in [-0.4, -0.2) is 28.6 Å². The fourth-order valence-electron chi connectivity index (χ4n) is 3.07. The van der Waals surface area contributed by atoms with Crippen LogP contribution in [0.1, 0.15) is 34.7 Å². The summed E-state index contributed by atoms with van der Waals surface area (Å²) in [6, 6.07) is 14.6. The summed E-state index contributed by atoms with van der Waals surface area (Å²) in [7, 11) is 0. The zero-order chi connectivity index (χ0) is 19.5. The van der Waals surface area contributed by atoms with Crippen LogP contribution in [0.5, 0.6) is 0 Å². The molecule has 3 aromatic rings. The van der Waals surface area contributed by atoms with E-state index in [0.29, 0.717) is 30.0 Å². The lowest BCUT2D eigenvalue weighted by atomic mass is 10.1. The van der Waals surface area contributed by atoms with Gasteiger partial charge in [-0.2, -0.15) is 4.98 Å². The first-order valence-electron chi connectivity index (χ1n) is 9.07. The van der Waals surface area contributed by atoms with E-state index < -0.39 is 5.97 Å². The summed E-state index contributed by atoms with van der Waals surface area (Å²) in [6.45, 7) is 2.55. The van der Waals surface area contributed by atoms with Gasteiger partial charge in [0.05, 0.1) is 5.56 Å². The fourth-order valence-corrected chi connectivity index (χ4v) is 3.07. The summed E-state index contributed by atoms with van der Waals surface area (Å²) in [5.41, 5.74) is 3.04. The van der Waals surface area contributed by atoms with Crippen LogP contribution in [0, 0.1) is 6.92 Å². The molecule has 28 heavy (non-hydrogen) atoms. The SMILES string of the molecule is Cc1ccc(-c2noc(COC(=O)c3cccc(N4CCCC4=O)c3)n2)cc1. The van der Waals surface area contributed by atoms with Gasteiger partial charge in [0.25, 0.3) is 5.89 Å². The van der Waals surface area contributed by atoms with Crippen LogP contribution < -0.4 is 4.90 Å². The number of rotatable bonds is 5. The number of esters is 1. The molecule has 7 nitrogen and oxygen atoms in total. The maximum absolute atomic E-state index is 12.4. The van der Waals surface area contributed by atoms with Gasteiger partial charge >= 0.3 is 5.97 Å². The van der Waals surface area contributed by atoms with Gasteiger partial charge in [0.1, 0.15) is 0 Å². The quantitative estimate of drug-likeness (QED) is 0.632. The third-order valence-electron chi connectivity index (χ3n) is 4.57. The van der Waals surface area contributed by atoms with Crippen LogP contribution >= 0.6 is 0 Å². The molecule has 0 bridgehead atoms. The molecule has 1 amide bonds. The van der Waals surface area contributed by atoms with Gasteiger partial charge in [-0.25, -0.2) is 4.79 Å². The molecular formula is C21H19N3O4. The Labute approximate surface area is 161 Å². The van der Waals surface area contributed by atoms with E-state index >= 15 is 0 Å². The van der Waals surface area contributed by atoms with E-state index in [4.69, 9.17) is 9.26 Å². The number of amides is 1. The van der Waals surface area contributed by atoms with Crippen molar-refractivity contribution in [3.8, 4) is 11.4 Å². The maximum atomic E-state index is 12.4. The highest BCUT2D eigenvalue weighted by Crippen LogP contribution is 2.23. The maximum Gasteiger partial charge on any atom is 0.338 e. The summed E-state index contributed by atoms with van der Waals surface area (Å²) in [5.74, 6) is 0.221. The average Bonchev–Trinajstić information content (AvgIpc) is 3.36. The van der Waals surface area contributed by atoms with Gasteiger partial charge in [-0.05, 0) is 31.5 Å². The topological polar surface area (TPSA) is 85.5 Å². The highest BCUT2D eigenvalue weighted by Gasteiger charge is 2.22. The van der Waals surface area contributed by atoms with E-state index in [0.717, 1.165) is 17.5 Å². The predicted molar refractivity (Wildman–Crippen MR) is 102 cm³/mol. The molecule has 0 spiro atoms. The Morgan fingerprint density at radius 3 is 2.79 bits per heavy atom. The lowest BCUT2D eigenvalue weighted by molar-refractivity contribution is -0.117. The minimum Gasteiger partial charge on any atom is -0.452 e. The largest absolute Gasteiger partial charge is 0.452 e. The monoisotopic (exact) mass is 377 g/mol. The molecule has 1 saturated heterocycles. The van der Waals surface area contributed by atoms with E-state index in [2.05, 4.69) is 10.1 Å². The van der Waals surface area contributed by atoms with Gasteiger partial charge in [-0.1, -0.05) is 41.1 Å². The van der Waals surface area contributed by atoms with Crippen molar-refractivity contribution in [3.63, 3.8) is 0 Å². The molecule has 1 aliphatic heterocycles. The first-order valence-corrected chi connectivity index (χ1v) is 9.07. The average molecular weight is 377 g/mol. The number of hydrogen-bond acceptors (Lipinski definition) is 6. The lowest BCUT2D eigenvalue weighted by Crippen LogP contribution is -2.23. The molecule has 0 saturated carbocycles. The van der Waals surface area contributed by atoms with Gasteiger partial charge in [-0.15, -0.1) is 0 Å². The molecule has 2 aromatic carbocycles. The first kappa shape index (κ1) is 17.9. The van der Waals surface area contributed by atoms with Crippen LogP contribution in [0.4, 0.5) is 5.69 Å². The number of carbonyl (C=O) groups is 2. The van der Waals surface area contributed by atoms with Crippen LogP contribution in [-0.2, 0) is 16.1 Å². The summed E-state index contributed by atoms with van der Waals surface area (Å²) in [6.07, 6.45) is 1.36. The van der Waals surface area contributed by atoms with Gasteiger partial charge in [0.15, 0.2) is 6.61 Å². The second kappa shape index (κ2) is 7.64. The van der Waals surface area contributed by atoms with Crippen molar-refractivity contribution in [2.45, 2.75) is 26.4 Å². The Morgan fingerprint density at radius 1 is 1.21 bits per heavy atom. The van der Waals surface area contributed by atoms with Crippen molar-refractivity contribution in [2.75, 3.05) is 11.4 Å². The number of nitrogens with zero attached hydrogens (tertiary/aromatic N) is 3. The highest BCUT2D eigenvalue weighted by atomic mass is 16.6. The minimum atomic E-state index is -0.511. The van der Waals surface area contributed by atoms with E-state index in [1.807, 2.05) is 37.3 Å². The Morgan fingerprint density at radius 2 is 2.04 bits per heavy atom. The lowest BCUT2D eigenvalue weighted by Gasteiger charge is -2.16. The fraction of sp³-hybridized carbons (Fsp3) is 0.238. The zero-order valence-corrected chi connectivity index (χ0v) is 15.4. The normalized spacial score (nSPS) is 13.8. The molecule has 1 aliphatic rings. The number of aromatic nitrogens is 2. The zero-order valence-electron chi connectivity index (χ0n) is 15.4. The van der Waals surface area contributed by atoms with Crippen molar-refractivity contribution in [1.29, 1.82) is 0 Å². The van der Waals surface area contributed by atoms with Gasteiger partial charge in [0, 0.05) is 24.2 Å². The Hall–Kier alpha value is -3.48. The number of ether oxygens (including phenoxy) is 1.